The van der Waals surface area contributed by atoms with Gasteiger partial charge in [-0.05, 0) is 24.8 Å². The zero-order valence-electron chi connectivity index (χ0n) is 8.16. The SMILES string of the molecule is N[C@H](c1cccc(F)c1F)[C@@H](O)C1CC1. The molecule has 0 saturated heterocycles. The lowest BCUT2D eigenvalue weighted by atomic mass is 9.98. The van der Waals surface area contributed by atoms with E-state index in [4.69, 9.17) is 5.73 Å². The number of hydrogen-bond donors (Lipinski definition) is 2. The van der Waals surface area contributed by atoms with Crippen molar-refractivity contribution >= 4 is 0 Å². The lowest BCUT2D eigenvalue weighted by Gasteiger charge is -2.19. The number of aliphatic hydroxyl groups excluding tert-OH is 1. The minimum atomic E-state index is -0.954. The van der Waals surface area contributed by atoms with Gasteiger partial charge in [-0.15, -0.1) is 0 Å². The van der Waals surface area contributed by atoms with Gasteiger partial charge in [-0.3, -0.25) is 0 Å². The highest BCUT2D eigenvalue weighted by molar-refractivity contribution is 5.23. The normalized spacial score (nSPS) is 20.0. The van der Waals surface area contributed by atoms with Gasteiger partial charge in [0.05, 0.1) is 12.1 Å². The monoisotopic (exact) mass is 213 g/mol. The molecule has 1 aromatic carbocycles. The summed E-state index contributed by atoms with van der Waals surface area (Å²) >= 11 is 0. The highest BCUT2D eigenvalue weighted by Gasteiger charge is 2.35. The molecule has 1 fully saturated rings. The molecule has 4 heteroatoms. The minimum Gasteiger partial charge on any atom is -0.391 e. The first-order valence-electron chi connectivity index (χ1n) is 4.99. The van der Waals surface area contributed by atoms with E-state index >= 15 is 0 Å². The van der Waals surface area contributed by atoms with Crippen molar-refractivity contribution in [3.8, 4) is 0 Å². The van der Waals surface area contributed by atoms with Crippen molar-refractivity contribution in [3.63, 3.8) is 0 Å². The van der Waals surface area contributed by atoms with Crippen LogP contribution in [-0.4, -0.2) is 11.2 Å². The van der Waals surface area contributed by atoms with E-state index in [1.165, 1.54) is 12.1 Å². The van der Waals surface area contributed by atoms with E-state index in [0.29, 0.717) is 0 Å². The van der Waals surface area contributed by atoms with Crippen molar-refractivity contribution in [1.82, 2.24) is 0 Å². The van der Waals surface area contributed by atoms with Crippen molar-refractivity contribution < 1.29 is 13.9 Å². The third kappa shape index (κ3) is 2.01. The summed E-state index contributed by atoms with van der Waals surface area (Å²) in [5.74, 6) is -1.74. The molecule has 0 heterocycles. The Hall–Kier alpha value is -1.00. The smallest absolute Gasteiger partial charge is 0.163 e. The zero-order chi connectivity index (χ0) is 11.0. The van der Waals surface area contributed by atoms with Gasteiger partial charge in [0.1, 0.15) is 0 Å². The number of rotatable bonds is 3. The molecule has 0 spiro atoms. The average molecular weight is 213 g/mol. The van der Waals surface area contributed by atoms with Crippen molar-refractivity contribution in [2.24, 2.45) is 11.7 Å². The molecule has 15 heavy (non-hydrogen) atoms. The van der Waals surface area contributed by atoms with Crippen molar-refractivity contribution in [3.05, 3.63) is 35.4 Å². The topological polar surface area (TPSA) is 46.2 Å². The molecule has 1 aromatic rings. The molecule has 0 unspecified atom stereocenters. The lowest BCUT2D eigenvalue weighted by molar-refractivity contribution is 0.120. The van der Waals surface area contributed by atoms with Gasteiger partial charge in [0.15, 0.2) is 11.6 Å². The largest absolute Gasteiger partial charge is 0.391 e. The second-order valence-electron chi connectivity index (χ2n) is 4.00. The molecule has 1 saturated carbocycles. The van der Waals surface area contributed by atoms with Gasteiger partial charge in [0, 0.05) is 5.56 Å². The van der Waals surface area contributed by atoms with Crippen LogP contribution in [0.1, 0.15) is 24.4 Å². The summed E-state index contributed by atoms with van der Waals surface area (Å²) in [4.78, 5) is 0. The van der Waals surface area contributed by atoms with Crippen LogP contribution in [0.5, 0.6) is 0 Å². The number of aliphatic hydroxyl groups is 1. The van der Waals surface area contributed by atoms with E-state index in [1.54, 1.807) is 0 Å². The minimum absolute atomic E-state index is 0.0504. The Labute approximate surface area is 86.7 Å². The predicted molar refractivity (Wildman–Crippen MR) is 52.0 cm³/mol. The Balaban J connectivity index is 2.24. The maximum absolute atomic E-state index is 13.3. The van der Waals surface area contributed by atoms with Crippen LogP contribution < -0.4 is 5.73 Å². The van der Waals surface area contributed by atoms with Gasteiger partial charge in [0.2, 0.25) is 0 Å². The molecular weight excluding hydrogens is 200 g/mol. The standard InChI is InChI=1S/C11H13F2NO/c12-8-3-1-2-7(9(8)13)10(14)11(15)6-4-5-6/h1-3,6,10-11,15H,4-5,14H2/t10-,11+/m1/s1. The van der Waals surface area contributed by atoms with Crippen LogP contribution in [0.4, 0.5) is 8.78 Å². The summed E-state index contributed by atoms with van der Waals surface area (Å²) in [6, 6.07) is 3.00. The molecule has 0 aliphatic heterocycles. The van der Waals surface area contributed by atoms with Gasteiger partial charge in [-0.2, -0.15) is 0 Å². The number of benzene rings is 1. The molecule has 0 aromatic heterocycles. The van der Waals surface area contributed by atoms with Crippen molar-refractivity contribution in [2.75, 3.05) is 0 Å². The molecule has 1 aliphatic rings. The van der Waals surface area contributed by atoms with E-state index < -0.39 is 23.8 Å². The van der Waals surface area contributed by atoms with Crippen LogP contribution in [0.15, 0.2) is 18.2 Å². The van der Waals surface area contributed by atoms with Gasteiger partial charge in [-0.1, -0.05) is 12.1 Å². The molecule has 2 nitrogen and oxygen atoms in total. The van der Waals surface area contributed by atoms with Crippen LogP contribution in [0.25, 0.3) is 0 Å². The van der Waals surface area contributed by atoms with Crippen molar-refractivity contribution in [2.45, 2.75) is 25.0 Å². The molecule has 2 rings (SSSR count). The predicted octanol–water partition coefficient (Wildman–Crippen LogP) is 1.74. The van der Waals surface area contributed by atoms with Gasteiger partial charge < -0.3 is 10.8 Å². The molecule has 0 bridgehead atoms. The fraction of sp³-hybridized carbons (Fsp3) is 0.455. The molecular formula is C11H13F2NO. The Bertz CT molecular complexity index is 366. The number of nitrogens with two attached hydrogens (primary N) is 1. The van der Waals surface area contributed by atoms with Crippen LogP contribution >= 0.6 is 0 Å². The highest BCUT2D eigenvalue weighted by atomic mass is 19.2. The summed E-state index contributed by atoms with van der Waals surface area (Å²) in [6.45, 7) is 0. The summed E-state index contributed by atoms with van der Waals surface area (Å²) in [6.07, 6.45) is 1.04. The van der Waals surface area contributed by atoms with Crippen LogP contribution in [-0.2, 0) is 0 Å². The molecule has 0 radical (unpaired) electrons. The maximum Gasteiger partial charge on any atom is 0.163 e. The molecule has 82 valence electrons. The van der Waals surface area contributed by atoms with Gasteiger partial charge >= 0.3 is 0 Å². The first-order chi connectivity index (χ1) is 7.11. The first kappa shape index (κ1) is 10.5. The quantitative estimate of drug-likeness (QED) is 0.803. The Morgan fingerprint density at radius 1 is 1.33 bits per heavy atom. The Kier molecular flexibility index (Phi) is 2.71. The van der Waals surface area contributed by atoms with Crippen LogP contribution in [0.2, 0.25) is 0 Å². The summed E-state index contributed by atoms with van der Waals surface area (Å²) in [5.41, 5.74) is 5.74. The Morgan fingerprint density at radius 3 is 2.60 bits per heavy atom. The molecule has 2 atom stereocenters. The highest BCUT2D eigenvalue weighted by Crippen LogP contribution is 2.37. The fourth-order valence-corrected chi connectivity index (χ4v) is 1.69. The third-order valence-corrected chi connectivity index (χ3v) is 2.81. The fourth-order valence-electron chi connectivity index (χ4n) is 1.69. The average Bonchev–Trinajstić information content (AvgIpc) is 3.03. The van der Waals surface area contributed by atoms with E-state index in [9.17, 15) is 13.9 Å². The van der Waals surface area contributed by atoms with E-state index in [-0.39, 0.29) is 11.5 Å². The van der Waals surface area contributed by atoms with Gasteiger partial charge in [-0.25, -0.2) is 8.78 Å². The van der Waals surface area contributed by atoms with E-state index in [0.717, 1.165) is 18.9 Å². The molecule has 0 amide bonds. The lowest BCUT2D eigenvalue weighted by Crippen LogP contribution is -2.28. The van der Waals surface area contributed by atoms with Crippen LogP contribution in [0.3, 0.4) is 0 Å². The zero-order valence-corrected chi connectivity index (χ0v) is 8.16. The number of halogens is 2. The van der Waals surface area contributed by atoms with E-state index in [1.807, 2.05) is 0 Å². The van der Waals surface area contributed by atoms with Crippen molar-refractivity contribution in [1.29, 1.82) is 0 Å². The first-order valence-corrected chi connectivity index (χ1v) is 4.99. The molecule has 1 aliphatic carbocycles. The maximum atomic E-state index is 13.3. The summed E-state index contributed by atoms with van der Waals surface area (Å²) in [5, 5.41) is 9.71. The third-order valence-electron chi connectivity index (χ3n) is 2.81. The Morgan fingerprint density at radius 2 is 2.00 bits per heavy atom. The second kappa shape index (κ2) is 3.87. The number of hydrogen-bond acceptors (Lipinski definition) is 2. The molecule has 3 N–H and O–H groups in total. The van der Waals surface area contributed by atoms with E-state index in [2.05, 4.69) is 0 Å². The summed E-state index contributed by atoms with van der Waals surface area (Å²) < 4.78 is 26.2. The second-order valence-corrected chi connectivity index (χ2v) is 4.00. The van der Waals surface area contributed by atoms with Gasteiger partial charge in [0.25, 0.3) is 0 Å². The summed E-state index contributed by atoms with van der Waals surface area (Å²) in [7, 11) is 0. The van der Waals surface area contributed by atoms with Crippen LogP contribution in [0, 0.1) is 17.6 Å².